The van der Waals surface area contributed by atoms with E-state index >= 15 is 0 Å². The zero-order chi connectivity index (χ0) is 17.2. The fraction of sp³-hybridized carbons (Fsp3) is 0.588. The van der Waals surface area contributed by atoms with E-state index in [2.05, 4.69) is 10.2 Å². The minimum absolute atomic E-state index is 0.172. The second kappa shape index (κ2) is 6.74. The van der Waals surface area contributed by atoms with Gasteiger partial charge in [0.2, 0.25) is 0 Å². The SMILES string of the molecule is CC(N)c1cc(F)ccc1N1CCC1CNC(=O)OC(C)(C)C. The predicted molar refractivity (Wildman–Crippen MR) is 89.0 cm³/mol. The number of amides is 1. The summed E-state index contributed by atoms with van der Waals surface area (Å²) in [7, 11) is 0. The lowest BCUT2D eigenvalue weighted by Gasteiger charge is -2.44. The normalized spacial score (nSPS) is 19.0. The van der Waals surface area contributed by atoms with Gasteiger partial charge in [0.1, 0.15) is 11.4 Å². The molecule has 23 heavy (non-hydrogen) atoms. The van der Waals surface area contributed by atoms with Crippen LogP contribution in [0.25, 0.3) is 0 Å². The molecule has 1 saturated heterocycles. The van der Waals surface area contributed by atoms with Crippen molar-refractivity contribution in [1.82, 2.24) is 5.32 Å². The molecule has 6 heteroatoms. The summed E-state index contributed by atoms with van der Waals surface area (Å²) < 4.78 is 18.7. The summed E-state index contributed by atoms with van der Waals surface area (Å²) in [5.41, 5.74) is 7.16. The number of carbonyl (C=O) groups is 1. The standard InChI is InChI=1S/C17H26FN3O2/c1-11(19)14-9-12(18)5-6-15(14)21-8-7-13(21)10-20-16(22)23-17(2,3)4/h5-6,9,11,13H,7-8,10,19H2,1-4H3,(H,20,22). The van der Waals surface area contributed by atoms with Crippen LogP contribution in [0.15, 0.2) is 18.2 Å². The highest BCUT2D eigenvalue weighted by atomic mass is 19.1. The largest absolute Gasteiger partial charge is 0.444 e. The highest BCUT2D eigenvalue weighted by Crippen LogP contribution is 2.32. The van der Waals surface area contributed by atoms with E-state index in [1.807, 2.05) is 27.7 Å². The monoisotopic (exact) mass is 323 g/mol. The van der Waals surface area contributed by atoms with Crippen LogP contribution in [0.4, 0.5) is 14.9 Å². The van der Waals surface area contributed by atoms with Crippen LogP contribution in [0.2, 0.25) is 0 Å². The van der Waals surface area contributed by atoms with Crippen LogP contribution in [0.1, 0.15) is 45.7 Å². The van der Waals surface area contributed by atoms with Gasteiger partial charge in [0.25, 0.3) is 0 Å². The number of rotatable bonds is 4. The van der Waals surface area contributed by atoms with Crippen molar-refractivity contribution in [1.29, 1.82) is 0 Å². The number of carbonyl (C=O) groups excluding carboxylic acids is 1. The molecule has 2 rings (SSSR count). The average Bonchev–Trinajstić information content (AvgIpc) is 2.37. The minimum atomic E-state index is -0.511. The Morgan fingerprint density at radius 3 is 2.74 bits per heavy atom. The van der Waals surface area contributed by atoms with Gasteiger partial charge in [-0.25, -0.2) is 9.18 Å². The number of benzene rings is 1. The predicted octanol–water partition coefficient (Wildman–Crippen LogP) is 2.95. The second-order valence-electron chi connectivity index (χ2n) is 7.01. The molecule has 1 aliphatic rings. The molecule has 0 radical (unpaired) electrons. The van der Waals surface area contributed by atoms with Crippen LogP contribution in [0.5, 0.6) is 0 Å². The summed E-state index contributed by atoms with van der Waals surface area (Å²) >= 11 is 0. The van der Waals surface area contributed by atoms with Crippen molar-refractivity contribution in [3.63, 3.8) is 0 Å². The van der Waals surface area contributed by atoms with Crippen molar-refractivity contribution >= 4 is 11.8 Å². The summed E-state index contributed by atoms with van der Waals surface area (Å²) in [5.74, 6) is -0.287. The van der Waals surface area contributed by atoms with Crippen LogP contribution in [0, 0.1) is 5.82 Å². The summed E-state index contributed by atoms with van der Waals surface area (Å²) in [6, 6.07) is 4.61. The maximum absolute atomic E-state index is 13.5. The first kappa shape index (κ1) is 17.5. The van der Waals surface area contributed by atoms with Crippen molar-refractivity contribution in [3.05, 3.63) is 29.6 Å². The van der Waals surface area contributed by atoms with E-state index in [9.17, 15) is 9.18 Å². The van der Waals surface area contributed by atoms with Crippen molar-refractivity contribution in [2.24, 2.45) is 5.73 Å². The van der Waals surface area contributed by atoms with Gasteiger partial charge in [0.05, 0.1) is 0 Å². The van der Waals surface area contributed by atoms with E-state index in [0.29, 0.717) is 6.54 Å². The molecule has 1 fully saturated rings. The van der Waals surface area contributed by atoms with Gasteiger partial charge in [-0.15, -0.1) is 0 Å². The summed E-state index contributed by atoms with van der Waals surface area (Å²) in [4.78, 5) is 13.9. The molecule has 2 unspecified atom stereocenters. The molecule has 0 saturated carbocycles. The number of nitrogens with one attached hydrogen (secondary N) is 1. The number of hydrogen-bond acceptors (Lipinski definition) is 4. The molecule has 1 amide bonds. The average molecular weight is 323 g/mol. The van der Waals surface area contributed by atoms with Gasteiger partial charge < -0.3 is 20.7 Å². The highest BCUT2D eigenvalue weighted by molar-refractivity contribution is 5.68. The Kier molecular flexibility index (Phi) is 5.14. The lowest BCUT2D eigenvalue weighted by molar-refractivity contribution is 0.0521. The zero-order valence-corrected chi connectivity index (χ0v) is 14.2. The highest BCUT2D eigenvalue weighted by Gasteiger charge is 2.31. The summed E-state index contributed by atoms with van der Waals surface area (Å²) in [6.07, 6.45) is 0.543. The van der Waals surface area contributed by atoms with Gasteiger partial charge in [-0.05, 0) is 57.9 Å². The first-order chi connectivity index (χ1) is 10.7. The number of hydrogen-bond donors (Lipinski definition) is 2. The van der Waals surface area contributed by atoms with E-state index in [-0.39, 0.29) is 17.9 Å². The second-order valence-corrected chi connectivity index (χ2v) is 7.01. The van der Waals surface area contributed by atoms with Crippen molar-refractivity contribution in [2.75, 3.05) is 18.0 Å². The molecule has 1 aromatic carbocycles. The van der Waals surface area contributed by atoms with Crippen LogP contribution in [-0.2, 0) is 4.74 Å². The molecule has 2 atom stereocenters. The van der Waals surface area contributed by atoms with Gasteiger partial charge in [0, 0.05) is 30.9 Å². The third-order valence-corrected chi connectivity index (χ3v) is 3.81. The van der Waals surface area contributed by atoms with E-state index in [0.717, 1.165) is 24.2 Å². The van der Waals surface area contributed by atoms with Crippen LogP contribution in [-0.4, -0.2) is 30.8 Å². The van der Waals surface area contributed by atoms with Gasteiger partial charge >= 0.3 is 6.09 Å². The number of halogens is 1. The first-order valence-corrected chi connectivity index (χ1v) is 7.96. The fourth-order valence-electron chi connectivity index (χ4n) is 2.64. The number of anilines is 1. The van der Waals surface area contributed by atoms with Crippen molar-refractivity contribution < 1.29 is 13.9 Å². The Balaban J connectivity index is 1.99. The zero-order valence-electron chi connectivity index (χ0n) is 14.2. The van der Waals surface area contributed by atoms with E-state index < -0.39 is 11.7 Å². The van der Waals surface area contributed by atoms with E-state index in [1.165, 1.54) is 12.1 Å². The van der Waals surface area contributed by atoms with E-state index in [1.54, 1.807) is 6.07 Å². The fourth-order valence-corrected chi connectivity index (χ4v) is 2.64. The number of nitrogens with zero attached hydrogens (tertiary/aromatic N) is 1. The van der Waals surface area contributed by atoms with Crippen LogP contribution >= 0.6 is 0 Å². The number of ether oxygens (including phenoxy) is 1. The number of alkyl carbamates (subject to hydrolysis) is 1. The molecule has 0 aliphatic carbocycles. The molecular formula is C17H26FN3O2. The molecular weight excluding hydrogens is 297 g/mol. The van der Waals surface area contributed by atoms with Gasteiger partial charge in [0.15, 0.2) is 0 Å². The Labute approximate surface area is 137 Å². The topological polar surface area (TPSA) is 67.6 Å². The molecule has 3 N–H and O–H groups in total. The lowest BCUT2D eigenvalue weighted by atomic mass is 9.97. The molecule has 1 heterocycles. The summed E-state index contributed by atoms with van der Waals surface area (Å²) in [5, 5.41) is 2.79. The maximum Gasteiger partial charge on any atom is 0.407 e. The number of nitrogens with two attached hydrogens (primary N) is 1. The van der Waals surface area contributed by atoms with Crippen LogP contribution < -0.4 is 16.0 Å². The van der Waals surface area contributed by atoms with Gasteiger partial charge in [-0.3, -0.25) is 0 Å². The van der Waals surface area contributed by atoms with E-state index in [4.69, 9.17) is 10.5 Å². The van der Waals surface area contributed by atoms with Gasteiger partial charge in [-0.2, -0.15) is 0 Å². The Hall–Kier alpha value is -1.82. The maximum atomic E-state index is 13.5. The Bertz CT molecular complexity index is 569. The Morgan fingerprint density at radius 1 is 1.52 bits per heavy atom. The molecule has 5 nitrogen and oxygen atoms in total. The minimum Gasteiger partial charge on any atom is -0.444 e. The smallest absolute Gasteiger partial charge is 0.407 e. The van der Waals surface area contributed by atoms with Crippen LogP contribution in [0.3, 0.4) is 0 Å². The Morgan fingerprint density at radius 2 is 2.22 bits per heavy atom. The molecule has 1 aromatic rings. The molecule has 1 aliphatic heterocycles. The molecule has 0 spiro atoms. The third kappa shape index (κ3) is 4.58. The lowest BCUT2D eigenvalue weighted by Crippen LogP contribution is -2.54. The van der Waals surface area contributed by atoms with Crippen molar-refractivity contribution in [2.45, 2.75) is 51.8 Å². The third-order valence-electron chi connectivity index (χ3n) is 3.81. The van der Waals surface area contributed by atoms with Gasteiger partial charge in [-0.1, -0.05) is 0 Å². The quantitative estimate of drug-likeness (QED) is 0.894. The molecule has 0 aromatic heterocycles. The first-order valence-electron chi connectivity index (χ1n) is 7.96. The van der Waals surface area contributed by atoms with Crippen molar-refractivity contribution in [3.8, 4) is 0 Å². The summed E-state index contributed by atoms with van der Waals surface area (Å²) in [6.45, 7) is 8.68. The molecule has 0 bridgehead atoms. The molecule has 128 valence electrons.